The number of aliphatic hydroxyl groups is 1. The molecule has 17 heteroatoms. The Morgan fingerprint density at radius 1 is 0.589 bits per heavy atom. The van der Waals surface area contributed by atoms with E-state index < -0.39 is 115 Å². The number of carbonyl (C=O) groups excluding carboxylic acids is 8. The lowest BCUT2D eigenvalue weighted by molar-refractivity contribution is -0.146. The Morgan fingerprint density at radius 2 is 1.00 bits per heavy atom. The Bertz CT molecular complexity index is 1380. The number of likely N-dealkylation sites (N-methyl/N-ethyl adjacent to an activating group) is 2. The average Bonchev–Trinajstić information content (AvgIpc) is 3.14. The fourth-order valence-corrected chi connectivity index (χ4v) is 6.25. The van der Waals surface area contributed by atoms with Crippen LogP contribution in [0.1, 0.15) is 101 Å². The molecule has 7 N–H and O–H groups in total. The summed E-state index contributed by atoms with van der Waals surface area (Å²) in [5, 5.41) is 26.5. The van der Waals surface area contributed by atoms with Crippen LogP contribution in [-0.2, 0) is 38.4 Å². The number of amides is 8. The zero-order chi connectivity index (χ0) is 43.0. The number of hydrogen-bond donors (Lipinski definition) is 7. The van der Waals surface area contributed by atoms with E-state index in [1.165, 1.54) is 14.1 Å². The molecule has 1 saturated heterocycles. The van der Waals surface area contributed by atoms with Gasteiger partial charge in [0.15, 0.2) is 0 Å². The maximum atomic E-state index is 13.9. The zero-order valence-corrected chi connectivity index (χ0v) is 35.6. The van der Waals surface area contributed by atoms with Gasteiger partial charge in [-0.2, -0.15) is 0 Å². The van der Waals surface area contributed by atoms with Crippen molar-refractivity contribution < 1.29 is 43.5 Å². The van der Waals surface area contributed by atoms with Crippen molar-refractivity contribution >= 4 is 47.3 Å². The highest BCUT2D eigenvalue weighted by Crippen LogP contribution is 2.16. The number of nitrogens with one attached hydrogen (secondary N) is 6. The first kappa shape index (κ1) is 49.7. The molecule has 17 nitrogen and oxygen atoms in total. The van der Waals surface area contributed by atoms with Crippen LogP contribution in [0.4, 0.5) is 0 Å². The molecule has 8 amide bonds. The lowest BCUT2D eigenvalue weighted by atomic mass is 9.94. The summed E-state index contributed by atoms with van der Waals surface area (Å²) in [6, 6.07) is -6.97. The number of aliphatic hydroxyl groups excluding tert-OH is 1. The molecule has 0 bridgehead atoms. The van der Waals surface area contributed by atoms with Gasteiger partial charge in [-0.1, -0.05) is 88.5 Å². The van der Waals surface area contributed by atoms with Crippen LogP contribution in [0, 0.1) is 29.6 Å². The highest BCUT2D eigenvalue weighted by atomic mass is 16.3. The van der Waals surface area contributed by atoms with E-state index in [2.05, 4.69) is 31.9 Å². The van der Waals surface area contributed by atoms with Crippen LogP contribution in [0.25, 0.3) is 0 Å². The molecule has 0 spiro atoms. The number of carbonyl (C=O) groups is 8. The number of nitrogens with zero attached hydrogens (tertiary/aromatic N) is 2. The van der Waals surface area contributed by atoms with Gasteiger partial charge in [0.2, 0.25) is 47.3 Å². The van der Waals surface area contributed by atoms with Gasteiger partial charge in [0.05, 0.1) is 19.7 Å². The van der Waals surface area contributed by atoms with Gasteiger partial charge in [-0.05, 0) is 42.4 Å². The fourth-order valence-electron chi connectivity index (χ4n) is 6.25. The van der Waals surface area contributed by atoms with Crippen molar-refractivity contribution in [3.05, 3.63) is 0 Å². The van der Waals surface area contributed by atoms with Crippen molar-refractivity contribution in [2.24, 2.45) is 29.6 Å². The van der Waals surface area contributed by atoms with E-state index in [1.54, 1.807) is 20.8 Å². The van der Waals surface area contributed by atoms with Gasteiger partial charge in [-0.3, -0.25) is 38.4 Å². The quantitative estimate of drug-likeness (QED) is 0.150. The minimum atomic E-state index is -1.44. The summed E-state index contributed by atoms with van der Waals surface area (Å²) in [6.07, 6.45) is 1.82. The Morgan fingerprint density at radius 3 is 1.45 bits per heavy atom. The number of rotatable bonds is 11. The molecule has 1 fully saturated rings. The van der Waals surface area contributed by atoms with Crippen LogP contribution >= 0.6 is 0 Å². The third kappa shape index (κ3) is 15.0. The first-order chi connectivity index (χ1) is 26.1. The van der Waals surface area contributed by atoms with Crippen LogP contribution in [0.2, 0.25) is 0 Å². The average molecular weight is 795 g/mol. The van der Waals surface area contributed by atoms with Gasteiger partial charge in [0.25, 0.3) is 0 Å². The Kier molecular flexibility index (Phi) is 21.1. The van der Waals surface area contributed by atoms with E-state index in [-0.39, 0.29) is 30.6 Å². The van der Waals surface area contributed by atoms with E-state index in [4.69, 9.17) is 0 Å². The molecule has 0 radical (unpaired) electrons. The summed E-state index contributed by atoms with van der Waals surface area (Å²) in [7, 11) is 2.67. The molecule has 0 aromatic rings. The molecule has 1 aliphatic rings. The van der Waals surface area contributed by atoms with Gasteiger partial charge < -0.3 is 46.8 Å². The fraction of sp³-hybridized carbons (Fsp3) is 0.795. The Labute approximate surface area is 333 Å². The second-order valence-electron chi connectivity index (χ2n) is 16.2. The summed E-state index contributed by atoms with van der Waals surface area (Å²) in [4.78, 5) is 111. The summed E-state index contributed by atoms with van der Waals surface area (Å²) in [5.74, 6) is -6.69. The lowest BCUT2D eigenvalue weighted by Gasteiger charge is -2.33. The largest absolute Gasteiger partial charge is 0.394 e. The SMILES string of the molecule is CC[C@H](C)[C@@H]1NC(=O)CNC(=O)[C@H](CC(C)C)NC(=O)[C@H]([C@@H](C)CC)NC(=O)[C@H]([C@@H](C)CC)NC(=O)[C@H](CO)N(C)C(=O)CN(C)C(=O)[C@H](CC(C)C)NC1=O. The van der Waals surface area contributed by atoms with Crippen LogP contribution in [0.3, 0.4) is 0 Å². The normalized spacial score (nSPS) is 26.7. The van der Waals surface area contributed by atoms with Crippen LogP contribution in [0.15, 0.2) is 0 Å². The second kappa shape index (κ2) is 23.7. The Balaban J connectivity index is 3.78. The molecular formula is C39H70N8O9. The minimum Gasteiger partial charge on any atom is -0.394 e. The first-order valence-electron chi connectivity index (χ1n) is 20.0. The molecule has 0 saturated carbocycles. The molecule has 0 aromatic carbocycles. The van der Waals surface area contributed by atoms with Crippen LogP contribution < -0.4 is 31.9 Å². The second-order valence-corrected chi connectivity index (χ2v) is 16.2. The number of hydrogen-bond acceptors (Lipinski definition) is 9. The van der Waals surface area contributed by atoms with Crippen molar-refractivity contribution in [3.63, 3.8) is 0 Å². The maximum absolute atomic E-state index is 13.9. The third-order valence-electron chi connectivity index (χ3n) is 10.6. The first-order valence-corrected chi connectivity index (χ1v) is 20.0. The van der Waals surface area contributed by atoms with Gasteiger partial charge >= 0.3 is 0 Å². The predicted octanol–water partition coefficient (Wildman–Crippen LogP) is 0.0484. The third-order valence-corrected chi connectivity index (χ3v) is 10.6. The molecular weight excluding hydrogens is 724 g/mol. The van der Waals surface area contributed by atoms with E-state index in [9.17, 15) is 43.5 Å². The van der Waals surface area contributed by atoms with Crippen molar-refractivity contribution in [2.75, 3.05) is 33.8 Å². The zero-order valence-electron chi connectivity index (χ0n) is 35.6. The molecule has 9 atom stereocenters. The molecule has 1 aliphatic heterocycles. The summed E-state index contributed by atoms with van der Waals surface area (Å²) in [6.45, 7) is 16.4. The van der Waals surface area contributed by atoms with Crippen molar-refractivity contribution in [3.8, 4) is 0 Å². The molecule has 0 aliphatic carbocycles. The van der Waals surface area contributed by atoms with Crippen LogP contribution in [-0.4, -0.2) is 132 Å². The van der Waals surface area contributed by atoms with Crippen molar-refractivity contribution in [1.82, 2.24) is 41.7 Å². The minimum absolute atomic E-state index is 0.0585. The summed E-state index contributed by atoms with van der Waals surface area (Å²) in [5.41, 5.74) is 0. The molecule has 1 heterocycles. The molecule has 0 unspecified atom stereocenters. The van der Waals surface area contributed by atoms with E-state index >= 15 is 0 Å². The summed E-state index contributed by atoms with van der Waals surface area (Å²) >= 11 is 0. The van der Waals surface area contributed by atoms with E-state index in [1.807, 2.05) is 48.5 Å². The standard InChI is InChI=1S/C39H70N8O9/c1-13-23(8)31-36(53)42-27(17-22(6)7)39(56)46(11)19-30(50)47(12)28(20-48)35(52)44-33(25(10)15-3)38(55)45-32(24(9)14-2)37(54)41-26(16-21(4)5)34(51)40-18-29(49)43-31/h21-28,31-33,48H,13-20H2,1-12H3,(H,40,51)(H,41,54)(H,42,53)(H,43,49)(H,44,52)(H,45,55)/t23-,24-,25-,26-,27-,28-,31-,32-,33-/m0/s1. The van der Waals surface area contributed by atoms with Gasteiger partial charge in [0.1, 0.15) is 36.3 Å². The maximum Gasteiger partial charge on any atom is 0.245 e. The van der Waals surface area contributed by atoms with Crippen LogP contribution in [0.5, 0.6) is 0 Å². The molecule has 320 valence electrons. The van der Waals surface area contributed by atoms with E-state index in [0.717, 1.165) is 9.80 Å². The van der Waals surface area contributed by atoms with Crippen molar-refractivity contribution in [2.45, 2.75) is 138 Å². The highest BCUT2D eigenvalue weighted by molar-refractivity contribution is 5.98. The topological polar surface area (TPSA) is 235 Å². The summed E-state index contributed by atoms with van der Waals surface area (Å²) < 4.78 is 0. The molecule has 0 aromatic heterocycles. The Hall–Kier alpha value is -4.28. The smallest absolute Gasteiger partial charge is 0.245 e. The molecule has 1 rings (SSSR count). The predicted molar refractivity (Wildman–Crippen MR) is 211 cm³/mol. The van der Waals surface area contributed by atoms with Gasteiger partial charge in [0, 0.05) is 14.1 Å². The highest BCUT2D eigenvalue weighted by Gasteiger charge is 2.38. The van der Waals surface area contributed by atoms with Gasteiger partial charge in [-0.15, -0.1) is 0 Å². The van der Waals surface area contributed by atoms with E-state index in [0.29, 0.717) is 19.3 Å². The molecule has 56 heavy (non-hydrogen) atoms. The lowest BCUT2D eigenvalue weighted by Crippen LogP contribution is -2.62. The monoisotopic (exact) mass is 795 g/mol. The van der Waals surface area contributed by atoms with Gasteiger partial charge in [-0.25, -0.2) is 0 Å². The van der Waals surface area contributed by atoms with Crippen molar-refractivity contribution in [1.29, 1.82) is 0 Å².